The van der Waals surface area contributed by atoms with E-state index in [1.165, 1.54) is 87.8 Å². The Morgan fingerprint density at radius 3 is 1.45 bits per heavy atom. The van der Waals surface area contributed by atoms with Crippen molar-refractivity contribution >= 4 is 69.3 Å². The zero-order valence-electron chi connectivity index (χ0n) is 67.4. The van der Waals surface area contributed by atoms with Gasteiger partial charge in [-0.25, -0.2) is 14.8 Å². The number of phenolic OH excluding ortho intramolecular Hbond substituents is 1. The minimum atomic E-state index is -0.875. The van der Waals surface area contributed by atoms with E-state index in [2.05, 4.69) is 156 Å². The molecule has 0 amide bonds. The Morgan fingerprint density at radius 1 is 0.577 bits per heavy atom. The van der Waals surface area contributed by atoms with Crippen molar-refractivity contribution in [2.45, 2.75) is 191 Å². The van der Waals surface area contributed by atoms with Crippen LogP contribution in [0.1, 0.15) is 192 Å². The number of carboxylic acids is 1. The number of aliphatic hydroxyl groups excluding tert-OH is 1. The van der Waals surface area contributed by atoms with Crippen molar-refractivity contribution in [3.05, 3.63) is 239 Å². The number of likely N-dealkylation sites (N-methyl/N-ethyl adjacent to an activating group) is 1. The highest BCUT2D eigenvalue weighted by Crippen LogP contribution is 2.21. The lowest BCUT2D eigenvalue weighted by Gasteiger charge is -2.21. The molecule has 0 spiro atoms. The molecule has 5 aromatic carbocycles. The lowest BCUT2D eigenvalue weighted by Crippen LogP contribution is -2.40. The number of aromatic amines is 2. The van der Waals surface area contributed by atoms with E-state index in [0.717, 1.165) is 55.0 Å². The Balaban J connectivity index is -0.000000522. The van der Waals surface area contributed by atoms with E-state index in [-0.39, 0.29) is 11.6 Å². The van der Waals surface area contributed by atoms with E-state index in [9.17, 15) is 14.4 Å². The highest BCUT2D eigenvalue weighted by atomic mass is 16.4. The minimum absolute atomic E-state index is 0.185. The van der Waals surface area contributed by atoms with Crippen LogP contribution in [-0.2, 0) is 9.59 Å². The molecule has 18 nitrogen and oxygen atoms in total. The molecule has 18 heteroatoms. The second-order valence-electron chi connectivity index (χ2n) is 22.1. The van der Waals surface area contributed by atoms with Gasteiger partial charge in [0.1, 0.15) is 23.5 Å². The van der Waals surface area contributed by atoms with Gasteiger partial charge in [-0.05, 0) is 172 Å². The summed E-state index contributed by atoms with van der Waals surface area (Å²) in [6.45, 7) is 49.1. The first-order chi connectivity index (χ1) is 50.0. The molecule has 1 unspecified atom stereocenters. The van der Waals surface area contributed by atoms with Crippen LogP contribution in [0.2, 0.25) is 0 Å². The van der Waals surface area contributed by atoms with Gasteiger partial charge >= 0.3 is 5.97 Å². The standard InChI is InChI=1S/C11H11N.C9H9N.C8H8N2.C8H8O2.C7H8O.C6H7N.C5H12N2.C5H6N2.C5H7N.C4H6N2.C4H8O2.C4H8O.5C2H6/c1-9-2-4-10(5-3-9)11-6-7-12-8-11;1-7-6-10-9-5-3-2-4-8(7)9;1-6-2-3-7-5-9-10-8(7)4-6;1-6-2-4-7(5-3-6)8(9)10;1-6-2-4-7(8)5-3-6;1-6-3-2-4-7-5-6;1-7-4-2-6-3-5-7;1-5-6-3-2-4-7-5;1-5-2-3-6-4-5;1-4-2-3-5-6-4;1-3(5)4(2)6;1-3-4(2)5;5*1-2/h2-5,7-8H,6H2,1H3;2-6,10H,1H3;2*2-5H,1H3,(H,9,10);2-5,8H,1H3;2-5H,1H3;6H,2-5H2,1H3;2-4H,1H3;3-4H,2H2,1H3;3H,2H2,1H3;3,5H,1-2H3;3H2,1-2H3;5*1-2H3. The summed E-state index contributed by atoms with van der Waals surface area (Å²) in [5.41, 5.74) is 15.1. The molecule has 4 aliphatic rings. The topological polar surface area (TPSA) is 260 Å². The predicted octanol–water partition coefficient (Wildman–Crippen LogP) is 20.5. The van der Waals surface area contributed by atoms with E-state index in [1.54, 1.807) is 74.2 Å². The van der Waals surface area contributed by atoms with Crippen LogP contribution < -0.4 is 5.32 Å². The molecule has 8 heterocycles. The molecular formula is C86H128N12O6. The molecule has 0 aliphatic carbocycles. The third-order valence-corrected chi connectivity index (χ3v) is 13.2. The molecule has 9 aromatic rings. The zero-order chi connectivity index (χ0) is 79.5. The van der Waals surface area contributed by atoms with Crippen LogP contribution in [0, 0.1) is 48.5 Å². The van der Waals surface area contributed by atoms with Crippen LogP contribution in [0.25, 0.3) is 27.4 Å². The molecule has 1 atom stereocenters. The van der Waals surface area contributed by atoms with Gasteiger partial charge in [0.25, 0.3) is 0 Å². The van der Waals surface area contributed by atoms with Crippen LogP contribution in [-0.4, -0.2) is 132 Å². The van der Waals surface area contributed by atoms with Gasteiger partial charge in [0.2, 0.25) is 0 Å². The number of aromatic hydroxyl groups is 1. The molecule has 104 heavy (non-hydrogen) atoms. The quantitative estimate of drug-likeness (QED) is 0.0961. The molecule has 1 fully saturated rings. The number of carbonyl (C=O) groups excluding carboxylic acids is 2. The van der Waals surface area contributed by atoms with Gasteiger partial charge < -0.3 is 35.3 Å². The normalized spacial score (nSPS) is 11.8. The number of phenols is 1. The van der Waals surface area contributed by atoms with Crippen molar-refractivity contribution in [1.82, 2.24) is 40.3 Å². The van der Waals surface area contributed by atoms with Crippen LogP contribution >= 0.6 is 0 Å². The lowest BCUT2D eigenvalue weighted by molar-refractivity contribution is -0.124. The Labute approximate surface area is 625 Å². The Morgan fingerprint density at radius 2 is 1.10 bits per heavy atom. The molecule has 1 saturated heterocycles. The fraction of sp³-hybridized carbons (Fsp3) is 0.384. The fourth-order valence-corrected chi connectivity index (χ4v) is 7.20. The molecule has 0 bridgehead atoms. The van der Waals surface area contributed by atoms with E-state index in [4.69, 9.17) is 15.3 Å². The van der Waals surface area contributed by atoms with Crippen LogP contribution in [0.3, 0.4) is 0 Å². The van der Waals surface area contributed by atoms with Gasteiger partial charge in [0.15, 0.2) is 5.78 Å². The van der Waals surface area contributed by atoms with Crippen molar-refractivity contribution in [1.29, 1.82) is 0 Å². The third kappa shape index (κ3) is 54.7. The van der Waals surface area contributed by atoms with E-state index < -0.39 is 12.1 Å². The fourth-order valence-electron chi connectivity index (χ4n) is 7.20. The number of hydrogen-bond donors (Lipinski definition) is 6. The number of H-pyrrole nitrogens is 2. The number of hydrogen-bond acceptors (Lipinski definition) is 15. The van der Waals surface area contributed by atoms with Crippen LogP contribution in [0.15, 0.2) is 209 Å². The number of benzene rings is 5. The summed E-state index contributed by atoms with van der Waals surface area (Å²) in [6, 6.07) is 42.7. The number of Topliss-reactive ketones (excluding diaryl/α,β-unsaturated/α-hetero) is 2. The SMILES string of the molecule is CC.CC.CC.CC.CC.CC(=O)C(C)O.CC1=CN=CC1.CC1=NN=CC1.CCC(C)=O.CN1CCNCC1.Cc1c[nH]c2ccccc12.Cc1ccc(C(=O)O)cc1.Cc1ccc(C2=CN=CC2)cc1.Cc1ccc(O)cc1.Cc1ccc2cn[nH]c2c1.Cc1cccnc1.Cc1ncccn1. The number of aromatic nitrogens is 6. The summed E-state index contributed by atoms with van der Waals surface area (Å²) < 4.78 is 0. The number of pyridine rings is 1. The maximum absolute atomic E-state index is 10.3. The number of aliphatic hydroxyl groups is 1. The van der Waals surface area contributed by atoms with Crippen molar-refractivity contribution < 1.29 is 29.7 Å². The molecule has 13 rings (SSSR count). The number of aromatic carboxylic acids is 1. The average molecular weight is 1430 g/mol. The maximum Gasteiger partial charge on any atom is 0.335 e. The number of carbonyl (C=O) groups is 3. The molecule has 6 N–H and O–H groups in total. The molecule has 0 radical (unpaired) electrons. The number of nitrogens with zero attached hydrogens (tertiary/aromatic N) is 9. The number of aryl methyl sites for hydroxylation is 7. The van der Waals surface area contributed by atoms with E-state index >= 15 is 0 Å². The average Bonchev–Trinajstić information content (AvgIpc) is 1.70. The second kappa shape index (κ2) is 67.5. The summed E-state index contributed by atoms with van der Waals surface area (Å²) in [4.78, 5) is 55.1. The summed E-state index contributed by atoms with van der Waals surface area (Å²) in [5.74, 6) is 0.345. The predicted molar refractivity (Wildman–Crippen MR) is 446 cm³/mol. The van der Waals surface area contributed by atoms with Gasteiger partial charge in [-0.15, -0.1) is 0 Å². The number of fused-ring (bicyclic) bond motifs is 2. The summed E-state index contributed by atoms with van der Waals surface area (Å²) in [5, 5.41) is 45.5. The molecule has 0 saturated carbocycles. The van der Waals surface area contributed by atoms with Gasteiger partial charge in [0, 0.05) is 136 Å². The summed E-state index contributed by atoms with van der Waals surface area (Å²) in [7, 11) is 2.15. The van der Waals surface area contributed by atoms with Gasteiger partial charge in [-0.3, -0.25) is 24.9 Å². The van der Waals surface area contributed by atoms with Crippen molar-refractivity contribution in [3.63, 3.8) is 0 Å². The number of nitrogens with one attached hydrogen (secondary N) is 3. The van der Waals surface area contributed by atoms with E-state index in [1.807, 2.05) is 185 Å². The Hall–Kier alpha value is -10.0. The first kappa shape index (κ1) is 100. The third-order valence-electron chi connectivity index (χ3n) is 13.2. The number of rotatable bonds is 4. The van der Waals surface area contributed by atoms with Gasteiger partial charge in [-0.1, -0.05) is 178 Å². The Kier molecular flexibility index (Phi) is 65.1. The smallest absolute Gasteiger partial charge is 0.335 e. The molecular weight excluding hydrogens is 1300 g/mol. The number of carboxylic acid groups (broad SMARTS) is 1. The lowest BCUT2D eigenvalue weighted by atomic mass is 10.0. The Bertz CT molecular complexity index is 3650. The molecule has 4 aliphatic heterocycles. The van der Waals surface area contributed by atoms with Crippen molar-refractivity contribution in [2.24, 2.45) is 20.2 Å². The summed E-state index contributed by atoms with van der Waals surface area (Å²) in [6.07, 6.45) is 23.2. The second-order valence-corrected chi connectivity index (χ2v) is 22.1. The first-order valence-electron chi connectivity index (χ1n) is 36.1. The van der Waals surface area contributed by atoms with Gasteiger partial charge in [-0.2, -0.15) is 15.3 Å². The van der Waals surface area contributed by atoms with Crippen LogP contribution in [0.5, 0.6) is 5.75 Å². The number of allylic oxidation sites excluding steroid dienone is 2. The van der Waals surface area contributed by atoms with E-state index in [0.29, 0.717) is 17.7 Å². The van der Waals surface area contributed by atoms with Crippen LogP contribution in [0.4, 0.5) is 0 Å². The largest absolute Gasteiger partial charge is 0.508 e. The highest BCUT2D eigenvalue weighted by molar-refractivity contribution is 5.96. The highest BCUT2D eigenvalue weighted by Gasteiger charge is 2.04. The van der Waals surface area contributed by atoms with Crippen molar-refractivity contribution in [2.75, 3.05) is 33.2 Å². The number of piperazine rings is 1. The number of aliphatic imine (C=N–C) groups is 2. The first-order valence-corrected chi connectivity index (χ1v) is 36.1. The van der Waals surface area contributed by atoms with Gasteiger partial charge in [0.05, 0.1) is 17.3 Å². The zero-order valence-corrected chi connectivity index (χ0v) is 67.4. The molecule has 4 aromatic heterocycles. The minimum Gasteiger partial charge on any atom is -0.508 e. The maximum atomic E-state index is 10.3. The monoisotopic (exact) mass is 1430 g/mol. The summed E-state index contributed by atoms with van der Waals surface area (Å²) >= 11 is 0. The number of para-hydroxylation sites is 1. The van der Waals surface area contributed by atoms with Crippen molar-refractivity contribution in [3.8, 4) is 5.75 Å². The number of ketones is 2. The molecule has 568 valence electrons.